The van der Waals surface area contributed by atoms with E-state index in [4.69, 9.17) is 11.6 Å². The summed E-state index contributed by atoms with van der Waals surface area (Å²) in [6.45, 7) is 3.54. The molecule has 0 aromatic carbocycles. The van der Waals surface area contributed by atoms with Crippen molar-refractivity contribution >= 4 is 22.9 Å². The van der Waals surface area contributed by atoms with Crippen LogP contribution in [0.5, 0.6) is 0 Å². The van der Waals surface area contributed by atoms with Crippen LogP contribution in [0.4, 0.5) is 0 Å². The maximum atomic E-state index is 11.2. The third-order valence-electron chi connectivity index (χ3n) is 2.55. The number of carbonyl (C=O) groups is 1. The second-order valence-electron chi connectivity index (χ2n) is 3.72. The number of aromatic nitrogens is 1. The summed E-state index contributed by atoms with van der Waals surface area (Å²) in [5.74, 6) is 0.151. The van der Waals surface area contributed by atoms with E-state index >= 15 is 0 Å². The zero-order valence-corrected chi connectivity index (χ0v) is 9.51. The molecule has 0 spiro atoms. The van der Waals surface area contributed by atoms with E-state index in [9.17, 15) is 4.79 Å². The van der Waals surface area contributed by atoms with Gasteiger partial charge in [-0.3, -0.25) is 4.79 Å². The molecule has 78 valence electrons. The monoisotopic (exact) mass is 221 g/mol. The third-order valence-corrected chi connectivity index (χ3v) is 3.03. The predicted molar refractivity (Wildman–Crippen MR) is 61.5 cm³/mol. The van der Waals surface area contributed by atoms with Crippen molar-refractivity contribution in [3.05, 3.63) is 40.7 Å². The first-order valence-electron chi connectivity index (χ1n) is 4.84. The van der Waals surface area contributed by atoms with E-state index in [-0.39, 0.29) is 5.78 Å². The van der Waals surface area contributed by atoms with Gasteiger partial charge in [-0.1, -0.05) is 17.7 Å². The van der Waals surface area contributed by atoms with Gasteiger partial charge in [-0.05, 0) is 31.5 Å². The molecule has 0 amide bonds. The topological polar surface area (TPSA) is 21.5 Å². The Bertz CT molecular complexity index is 528. The molecule has 3 heteroatoms. The molecule has 2 aromatic rings. The van der Waals surface area contributed by atoms with Gasteiger partial charge >= 0.3 is 0 Å². The lowest BCUT2D eigenvalue weighted by Crippen LogP contribution is -2.01. The molecule has 0 radical (unpaired) electrons. The van der Waals surface area contributed by atoms with E-state index in [1.54, 1.807) is 6.92 Å². The Hall–Kier alpha value is -1.28. The van der Waals surface area contributed by atoms with Crippen LogP contribution < -0.4 is 0 Å². The molecule has 2 rings (SSSR count). The summed E-state index contributed by atoms with van der Waals surface area (Å²) < 4.78 is 1.99. The van der Waals surface area contributed by atoms with Crippen LogP contribution in [0, 0.1) is 6.92 Å². The molecule has 2 aromatic heterocycles. The second kappa shape index (κ2) is 3.70. The molecule has 0 saturated carbocycles. The average Bonchev–Trinajstić information content (AvgIpc) is 2.44. The fraction of sp³-hybridized carbons (Fsp3) is 0.250. The van der Waals surface area contributed by atoms with E-state index in [1.807, 2.05) is 35.7 Å². The van der Waals surface area contributed by atoms with Crippen LogP contribution in [-0.2, 0) is 11.2 Å². The van der Waals surface area contributed by atoms with Gasteiger partial charge in [0.25, 0.3) is 0 Å². The molecule has 15 heavy (non-hydrogen) atoms. The molecule has 0 unspecified atom stereocenters. The predicted octanol–water partition coefficient (Wildman–Crippen LogP) is 3.03. The van der Waals surface area contributed by atoms with Gasteiger partial charge in [0.05, 0.1) is 10.5 Å². The van der Waals surface area contributed by atoms with Gasteiger partial charge < -0.3 is 4.40 Å². The van der Waals surface area contributed by atoms with Crippen molar-refractivity contribution in [2.45, 2.75) is 20.3 Å². The molecule has 0 aliphatic carbocycles. The van der Waals surface area contributed by atoms with Crippen molar-refractivity contribution in [2.75, 3.05) is 0 Å². The van der Waals surface area contributed by atoms with Crippen LogP contribution in [0.15, 0.2) is 24.4 Å². The molecule has 0 N–H and O–H groups in total. The highest BCUT2D eigenvalue weighted by atomic mass is 35.5. The fourth-order valence-corrected chi connectivity index (χ4v) is 2.07. The summed E-state index contributed by atoms with van der Waals surface area (Å²) >= 11 is 6.20. The third kappa shape index (κ3) is 1.65. The maximum Gasteiger partial charge on any atom is 0.135 e. The first-order chi connectivity index (χ1) is 7.11. The number of hydrogen-bond donors (Lipinski definition) is 0. The van der Waals surface area contributed by atoms with Crippen LogP contribution in [0.25, 0.3) is 5.52 Å². The lowest BCUT2D eigenvalue weighted by atomic mass is 10.2. The highest BCUT2D eigenvalue weighted by Gasteiger charge is 2.13. The minimum Gasteiger partial charge on any atom is -0.319 e. The Kier molecular flexibility index (Phi) is 2.53. The normalized spacial score (nSPS) is 10.9. The van der Waals surface area contributed by atoms with Crippen LogP contribution in [0.2, 0.25) is 5.02 Å². The number of rotatable bonds is 2. The molecule has 2 nitrogen and oxygen atoms in total. The standard InChI is InChI=1S/C12H12ClNO/c1-8(15)7-11-9(2)12(13)10-5-3-4-6-14(10)11/h3-6H,7H2,1-2H3. The largest absolute Gasteiger partial charge is 0.319 e. The number of Topliss-reactive ketones (excluding diaryl/α,β-unsaturated/α-hetero) is 1. The van der Waals surface area contributed by atoms with Gasteiger partial charge in [0.2, 0.25) is 0 Å². The Morgan fingerprint density at radius 2 is 2.20 bits per heavy atom. The van der Waals surface area contributed by atoms with Crippen LogP contribution >= 0.6 is 11.6 Å². The number of hydrogen-bond acceptors (Lipinski definition) is 1. The second-order valence-corrected chi connectivity index (χ2v) is 4.10. The Morgan fingerprint density at radius 1 is 1.47 bits per heavy atom. The lowest BCUT2D eigenvalue weighted by molar-refractivity contribution is -0.116. The van der Waals surface area contributed by atoms with E-state index in [1.165, 1.54) is 0 Å². The lowest BCUT2D eigenvalue weighted by Gasteiger charge is -2.00. The van der Waals surface area contributed by atoms with Crippen molar-refractivity contribution in [3.8, 4) is 0 Å². The quantitative estimate of drug-likeness (QED) is 0.764. The highest BCUT2D eigenvalue weighted by molar-refractivity contribution is 6.35. The SMILES string of the molecule is CC(=O)Cc1c(C)c(Cl)c2ccccn12. The van der Waals surface area contributed by atoms with Gasteiger partial charge in [-0.25, -0.2) is 0 Å². The number of fused-ring (bicyclic) bond motifs is 1. The molecule has 0 fully saturated rings. The number of carbonyl (C=O) groups excluding carboxylic acids is 1. The molecule has 0 aliphatic rings. The van der Waals surface area contributed by atoms with Gasteiger partial charge in [-0.15, -0.1) is 0 Å². The van der Waals surface area contributed by atoms with Crippen molar-refractivity contribution < 1.29 is 4.79 Å². The molecular weight excluding hydrogens is 210 g/mol. The van der Waals surface area contributed by atoms with Crippen molar-refractivity contribution in [1.82, 2.24) is 4.40 Å². The van der Waals surface area contributed by atoms with Crippen molar-refractivity contribution in [1.29, 1.82) is 0 Å². The fourth-order valence-electron chi connectivity index (χ4n) is 1.81. The van der Waals surface area contributed by atoms with Crippen LogP contribution in [0.3, 0.4) is 0 Å². The Labute approximate surface area is 93.5 Å². The summed E-state index contributed by atoms with van der Waals surface area (Å²) in [6.07, 6.45) is 2.37. The average molecular weight is 222 g/mol. The zero-order valence-electron chi connectivity index (χ0n) is 8.75. The molecule has 0 atom stereocenters. The molecule has 2 heterocycles. The summed E-state index contributed by atoms with van der Waals surface area (Å²) in [5.41, 5.74) is 2.95. The van der Waals surface area contributed by atoms with E-state index < -0.39 is 0 Å². The van der Waals surface area contributed by atoms with E-state index in [0.29, 0.717) is 6.42 Å². The van der Waals surface area contributed by atoms with Crippen LogP contribution in [0.1, 0.15) is 18.2 Å². The molecule has 0 bridgehead atoms. The number of nitrogens with zero attached hydrogens (tertiary/aromatic N) is 1. The minimum atomic E-state index is 0.151. The first kappa shape index (κ1) is 10.2. The number of halogens is 1. The van der Waals surface area contributed by atoms with Crippen molar-refractivity contribution in [3.63, 3.8) is 0 Å². The first-order valence-corrected chi connectivity index (χ1v) is 5.22. The van der Waals surface area contributed by atoms with Gasteiger partial charge in [0.15, 0.2) is 0 Å². The zero-order chi connectivity index (χ0) is 11.0. The van der Waals surface area contributed by atoms with Gasteiger partial charge in [0.1, 0.15) is 5.78 Å². The summed E-state index contributed by atoms with van der Waals surface area (Å²) in [4.78, 5) is 11.2. The summed E-state index contributed by atoms with van der Waals surface area (Å²) in [6, 6.07) is 5.84. The van der Waals surface area contributed by atoms with E-state index in [2.05, 4.69) is 0 Å². The minimum absolute atomic E-state index is 0.151. The molecule has 0 saturated heterocycles. The number of ketones is 1. The summed E-state index contributed by atoms with van der Waals surface area (Å²) in [7, 11) is 0. The van der Waals surface area contributed by atoms with Gasteiger partial charge in [0, 0.05) is 18.3 Å². The van der Waals surface area contributed by atoms with E-state index in [0.717, 1.165) is 21.8 Å². The van der Waals surface area contributed by atoms with Crippen LogP contribution in [-0.4, -0.2) is 10.2 Å². The van der Waals surface area contributed by atoms with Gasteiger partial charge in [-0.2, -0.15) is 0 Å². The Balaban J connectivity index is 2.72. The molecular formula is C12H12ClNO. The highest BCUT2D eigenvalue weighted by Crippen LogP contribution is 2.27. The maximum absolute atomic E-state index is 11.2. The molecule has 0 aliphatic heterocycles. The Morgan fingerprint density at radius 3 is 2.87 bits per heavy atom. The smallest absolute Gasteiger partial charge is 0.135 e. The van der Waals surface area contributed by atoms with Crippen molar-refractivity contribution in [2.24, 2.45) is 0 Å². The summed E-state index contributed by atoms with van der Waals surface area (Å²) in [5, 5.41) is 0.742. The number of pyridine rings is 1.